The van der Waals surface area contributed by atoms with Crippen molar-refractivity contribution in [1.29, 1.82) is 0 Å². The van der Waals surface area contributed by atoms with Crippen LogP contribution in [0.1, 0.15) is 22.3 Å². The largest absolute Gasteiger partial charge is 0.456 e. The van der Waals surface area contributed by atoms with Crippen molar-refractivity contribution in [3.05, 3.63) is 180 Å². The molecule has 2 fully saturated rings. The van der Waals surface area contributed by atoms with Crippen LogP contribution in [0.2, 0.25) is 0 Å². The molecular weight excluding hydrogens is 580 g/mol. The van der Waals surface area contributed by atoms with E-state index < -0.39 is 0 Å². The summed E-state index contributed by atoms with van der Waals surface area (Å²) in [5.74, 6) is 1.53. The highest BCUT2D eigenvalue weighted by atomic mass is 16.5. The molecule has 2 aliphatic heterocycles. The Hall–Kier alpha value is -5.10. The third-order valence-electron chi connectivity index (χ3n) is 8.18. The van der Waals surface area contributed by atoms with Crippen LogP contribution in [0.4, 0.5) is 0 Å². The molecule has 0 radical (unpaired) electrons. The van der Waals surface area contributed by atoms with Gasteiger partial charge in [-0.05, 0) is 36.4 Å². The van der Waals surface area contributed by atoms with Crippen LogP contribution in [0, 0.1) is 0 Å². The summed E-state index contributed by atoms with van der Waals surface area (Å²) < 4.78 is 22.9. The predicted octanol–water partition coefficient (Wildman–Crippen LogP) is 7.26. The molecule has 0 bridgehead atoms. The van der Waals surface area contributed by atoms with E-state index in [9.17, 15) is 0 Å². The average Bonchev–Trinajstić information content (AvgIpc) is 3.16. The van der Waals surface area contributed by atoms with Gasteiger partial charge in [-0.1, -0.05) is 109 Å². The standard InChI is InChI=1S/C42H42N2O3/c1-5-15-35(16-6-1)39(43-27-31-45-32-28-43)23-13-25-41(37-19-9-3-10-20-37)47-42(38-21-11-4-12-22-38)26-14-24-40(36-17-7-2-8-18-36)44-29-33-46-34-30-44/h1-26H,27-34H2/q+2/b23-13+,24-14+,41-25+,42-26+. The normalized spacial score (nSPS) is 16.1. The summed E-state index contributed by atoms with van der Waals surface area (Å²) in [5, 5.41) is 0. The van der Waals surface area contributed by atoms with Gasteiger partial charge in [0.05, 0.1) is 0 Å². The van der Waals surface area contributed by atoms with E-state index in [0.717, 1.165) is 75.3 Å². The van der Waals surface area contributed by atoms with E-state index in [1.54, 1.807) is 0 Å². The molecule has 236 valence electrons. The van der Waals surface area contributed by atoms with Gasteiger partial charge in [0, 0.05) is 34.4 Å². The number of morpholine rings is 2. The van der Waals surface area contributed by atoms with Gasteiger partial charge in [0.25, 0.3) is 0 Å². The first kappa shape index (κ1) is 31.9. The average molecular weight is 623 g/mol. The highest BCUT2D eigenvalue weighted by molar-refractivity contribution is 6.06. The lowest BCUT2D eigenvalue weighted by atomic mass is 10.1. The number of hydrogen-bond acceptors (Lipinski definition) is 3. The highest BCUT2D eigenvalue weighted by Gasteiger charge is 2.19. The van der Waals surface area contributed by atoms with Gasteiger partial charge in [0.2, 0.25) is 11.4 Å². The Morgan fingerprint density at radius 1 is 0.447 bits per heavy atom. The first-order valence-electron chi connectivity index (χ1n) is 16.4. The van der Waals surface area contributed by atoms with E-state index in [1.165, 1.54) is 22.6 Å². The molecule has 0 aliphatic carbocycles. The number of ether oxygens (including phenoxy) is 3. The van der Waals surface area contributed by atoms with Crippen molar-refractivity contribution in [2.45, 2.75) is 0 Å². The van der Waals surface area contributed by atoms with Crippen molar-refractivity contribution >= 4 is 22.9 Å². The summed E-state index contributed by atoms with van der Waals surface area (Å²) in [5.41, 5.74) is 6.71. The van der Waals surface area contributed by atoms with E-state index in [4.69, 9.17) is 14.2 Å². The molecule has 5 nitrogen and oxygen atoms in total. The Labute approximate surface area is 278 Å². The SMILES string of the molecule is C(=C\C(c1ccccc1)=[N+]1CCOCC1)/C=C(/O/C(=C/C=C/C(c1ccccc1)=[N+]1CCOCC1)c1ccccc1)c1ccccc1. The molecule has 4 aromatic carbocycles. The van der Waals surface area contributed by atoms with E-state index >= 15 is 0 Å². The molecule has 0 N–H and O–H groups in total. The van der Waals surface area contributed by atoms with Gasteiger partial charge in [0.15, 0.2) is 26.2 Å². The molecule has 2 saturated heterocycles. The Balaban J connectivity index is 1.36. The Kier molecular flexibility index (Phi) is 11.5. The number of rotatable bonds is 10. The minimum absolute atomic E-state index is 0.728. The fraction of sp³-hybridized carbons (Fsp3) is 0.190. The number of benzene rings is 4. The van der Waals surface area contributed by atoms with Crippen LogP contribution >= 0.6 is 0 Å². The van der Waals surface area contributed by atoms with Crippen LogP contribution in [-0.2, 0) is 14.2 Å². The van der Waals surface area contributed by atoms with Crippen molar-refractivity contribution in [1.82, 2.24) is 0 Å². The van der Waals surface area contributed by atoms with Crippen LogP contribution in [0.3, 0.4) is 0 Å². The third-order valence-corrected chi connectivity index (χ3v) is 8.18. The lowest BCUT2D eigenvalue weighted by Crippen LogP contribution is -2.33. The van der Waals surface area contributed by atoms with Crippen molar-refractivity contribution in [3.63, 3.8) is 0 Å². The molecule has 0 unspecified atom stereocenters. The quantitative estimate of drug-likeness (QED) is 0.106. The zero-order valence-electron chi connectivity index (χ0n) is 26.8. The minimum Gasteiger partial charge on any atom is -0.456 e. The number of allylic oxidation sites excluding steroid dienone is 6. The smallest absolute Gasteiger partial charge is 0.207 e. The van der Waals surface area contributed by atoms with Gasteiger partial charge in [-0.2, -0.15) is 0 Å². The Morgan fingerprint density at radius 2 is 0.766 bits per heavy atom. The topological polar surface area (TPSA) is 33.7 Å². The molecule has 5 heteroatoms. The maximum absolute atomic E-state index is 6.82. The summed E-state index contributed by atoms with van der Waals surface area (Å²) in [6.45, 7) is 6.36. The molecule has 0 saturated carbocycles. The van der Waals surface area contributed by atoms with Crippen LogP contribution in [-0.4, -0.2) is 73.2 Å². The fourth-order valence-corrected chi connectivity index (χ4v) is 5.75. The van der Waals surface area contributed by atoms with Crippen LogP contribution in [0.15, 0.2) is 158 Å². The Bertz CT molecular complexity index is 1620. The lowest BCUT2D eigenvalue weighted by molar-refractivity contribution is -0.548. The van der Waals surface area contributed by atoms with Gasteiger partial charge in [-0.15, -0.1) is 0 Å². The molecule has 4 aromatic rings. The molecule has 0 atom stereocenters. The van der Waals surface area contributed by atoms with Crippen molar-refractivity contribution in [2.24, 2.45) is 0 Å². The zero-order valence-corrected chi connectivity index (χ0v) is 26.8. The second-order valence-electron chi connectivity index (χ2n) is 11.3. The van der Waals surface area contributed by atoms with E-state index in [-0.39, 0.29) is 0 Å². The minimum atomic E-state index is 0.728. The lowest BCUT2D eigenvalue weighted by Gasteiger charge is -2.15. The summed E-state index contributed by atoms with van der Waals surface area (Å²) in [7, 11) is 0. The summed E-state index contributed by atoms with van der Waals surface area (Å²) in [4.78, 5) is 0. The predicted molar refractivity (Wildman–Crippen MR) is 191 cm³/mol. The molecule has 0 aromatic heterocycles. The van der Waals surface area contributed by atoms with Gasteiger partial charge in [-0.3, -0.25) is 0 Å². The van der Waals surface area contributed by atoms with Crippen LogP contribution in [0.25, 0.3) is 11.5 Å². The maximum Gasteiger partial charge on any atom is 0.207 e. The van der Waals surface area contributed by atoms with Crippen molar-refractivity contribution in [2.75, 3.05) is 52.6 Å². The molecule has 0 spiro atoms. The van der Waals surface area contributed by atoms with Crippen LogP contribution < -0.4 is 0 Å². The molecule has 47 heavy (non-hydrogen) atoms. The van der Waals surface area contributed by atoms with Crippen molar-refractivity contribution in [3.8, 4) is 0 Å². The Morgan fingerprint density at radius 3 is 1.11 bits per heavy atom. The molecule has 0 amide bonds. The number of nitrogens with zero attached hydrogens (tertiary/aromatic N) is 2. The van der Waals surface area contributed by atoms with Gasteiger partial charge in [-0.25, -0.2) is 9.15 Å². The summed E-state index contributed by atoms with van der Waals surface area (Å²) in [6.07, 6.45) is 12.7. The summed E-state index contributed by atoms with van der Waals surface area (Å²) >= 11 is 0. The van der Waals surface area contributed by atoms with Crippen LogP contribution in [0.5, 0.6) is 0 Å². The molecular formula is C42H42N2O3+2. The van der Waals surface area contributed by atoms with E-state index in [1.807, 2.05) is 36.4 Å². The van der Waals surface area contributed by atoms with E-state index in [0.29, 0.717) is 0 Å². The van der Waals surface area contributed by atoms with Gasteiger partial charge >= 0.3 is 0 Å². The molecule has 2 aliphatic rings. The second-order valence-corrected chi connectivity index (χ2v) is 11.3. The zero-order chi connectivity index (χ0) is 31.9. The molecule has 2 heterocycles. The second kappa shape index (κ2) is 17.0. The highest BCUT2D eigenvalue weighted by Crippen LogP contribution is 2.26. The monoisotopic (exact) mass is 622 g/mol. The third kappa shape index (κ3) is 9.01. The number of hydrogen-bond donors (Lipinski definition) is 0. The van der Waals surface area contributed by atoms with Crippen molar-refractivity contribution < 1.29 is 23.4 Å². The summed E-state index contributed by atoms with van der Waals surface area (Å²) in [6, 6.07) is 41.7. The fourth-order valence-electron chi connectivity index (χ4n) is 5.75. The first-order chi connectivity index (χ1) is 23.3. The van der Waals surface area contributed by atoms with E-state index in [2.05, 4.69) is 131 Å². The van der Waals surface area contributed by atoms with Gasteiger partial charge in [0.1, 0.15) is 37.9 Å². The maximum atomic E-state index is 6.82. The van der Waals surface area contributed by atoms with Gasteiger partial charge < -0.3 is 14.2 Å². The first-order valence-corrected chi connectivity index (χ1v) is 16.4. The molecule has 6 rings (SSSR count).